The minimum atomic E-state index is -4.83. The number of pyridine rings is 1. The molecule has 2 amide bonds. The van der Waals surface area contributed by atoms with Crippen LogP contribution >= 0.6 is 11.6 Å². The average Bonchev–Trinajstić information content (AvgIpc) is 3.40. The van der Waals surface area contributed by atoms with Crippen molar-refractivity contribution in [3.63, 3.8) is 0 Å². The van der Waals surface area contributed by atoms with E-state index < -0.39 is 57.5 Å². The molecule has 2 aromatic heterocycles. The van der Waals surface area contributed by atoms with Gasteiger partial charge in [0.25, 0.3) is 11.5 Å². The summed E-state index contributed by atoms with van der Waals surface area (Å²) in [6, 6.07) is 5.13. The minimum Gasteiger partial charge on any atom is -0.495 e. The first kappa shape index (κ1) is 29.2. The fraction of sp³-hybridized carbons (Fsp3) is 0.160. The zero-order valence-electron chi connectivity index (χ0n) is 21.0. The molecule has 4 rings (SSSR count). The van der Waals surface area contributed by atoms with E-state index >= 15 is 4.39 Å². The van der Waals surface area contributed by atoms with Crippen LogP contribution in [0.4, 0.5) is 27.6 Å². The Labute approximate surface area is 232 Å². The van der Waals surface area contributed by atoms with Gasteiger partial charge in [-0.15, -0.1) is 5.10 Å². The van der Waals surface area contributed by atoms with Crippen molar-refractivity contribution in [3.05, 3.63) is 87.1 Å². The van der Waals surface area contributed by atoms with E-state index in [4.69, 9.17) is 22.1 Å². The predicted octanol–water partition coefficient (Wildman–Crippen LogP) is 4.35. The minimum absolute atomic E-state index is 0.0299. The Bertz CT molecular complexity index is 1740. The normalized spacial score (nSPS) is 12.2. The molecular formula is C25H18ClF5N6O4. The molecule has 10 nitrogen and oxygen atoms in total. The molecule has 3 N–H and O–H groups in total. The molecule has 1 unspecified atom stereocenters. The standard InChI is InChI=1S/C25H18ClF5N6O4/c1-11(24(40)33-12-3-4-13(23(32)39)16(27)7-12)36-9-18(41-2)14(8-20(36)38)21-17(6-5-15(26)22(21)28)37-10-19(34-35-37)25(29,30)31/h3-11H,1-2H3,(H2,32,39)(H,33,40). The Morgan fingerprint density at radius 1 is 1.12 bits per heavy atom. The quantitative estimate of drug-likeness (QED) is 0.305. The monoisotopic (exact) mass is 596 g/mol. The van der Waals surface area contributed by atoms with E-state index in [1.54, 1.807) is 0 Å². The van der Waals surface area contributed by atoms with Crippen molar-refractivity contribution in [2.24, 2.45) is 5.73 Å². The Kier molecular flexibility index (Phi) is 7.83. The highest BCUT2D eigenvalue weighted by Gasteiger charge is 2.35. The number of primary amides is 1. The van der Waals surface area contributed by atoms with Gasteiger partial charge in [-0.25, -0.2) is 13.5 Å². The maximum Gasteiger partial charge on any atom is 0.436 e. The summed E-state index contributed by atoms with van der Waals surface area (Å²) in [6.45, 7) is 1.34. The summed E-state index contributed by atoms with van der Waals surface area (Å²) in [7, 11) is 1.18. The zero-order valence-corrected chi connectivity index (χ0v) is 21.7. The number of hydrogen-bond acceptors (Lipinski definition) is 6. The smallest absolute Gasteiger partial charge is 0.436 e. The van der Waals surface area contributed by atoms with Gasteiger partial charge >= 0.3 is 6.18 Å². The predicted molar refractivity (Wildman–Crippen MR) is 136 cm³/mol. The Morgan fingerprint density at radius 3 is 2.41 bits per heavy atom. The molecule has 0 saturated carbocycles. The molecule has 0 saturated heterocycles. The zero-order chi connectivity index (χ0) is 30.2. The van der Waals surface area contributed by atoms with Crippen LogP contribution in [0, 0.1) is 11.6 Å². The van der Waals surface area contributed by atoms with Gasteiger partial charge < -0.3 is 15.8 Å². The van der Waals surface area contributed by atoms with E-state index in [2.05, 4.69) is 15.6 Å². The molecule has 41 heavy (non-hydrogen) atoms. The van der Waals surface area contributed by atoms with E-state index in [1.807, 2.05) is 0 Å². The van der Waals surface area contributed by atoms with Crippen LogP contribution in [-0.2, 0) is 11.0 Å². The van der Waals surface area contributed by atoms with Gasteiger partial charge in [0, 0.05) is 22.9 Å². The van der Waals surface area contributed by atoms with Crippen molar-refractivity contribution in [1.29, 1.82) is 0 Å². The van der Waals surface area contributed by atoms with Crippen LogP contribution in [0.15, 0.2) is 53.6 Å². The van der Waals surface area contributed by atoms with Crippen LogP contribution in [0.25, 0.3) is 16.8 Å². The van der Waals surface area contributed by atoms with Crippen molar-refractivity contribution in [2.75, 3.05) is 12.4 Å². The lowest BCUT2D eigenvalue weighted by Gasteiger charge is -2.19. The van der Waals surface area contributed by atoms with Gasteiger partial charge in [0.2, 0.25) is 5.91 Å². The molecule has 2 heterocycles. The summed E-state index contributed by atoms with van der Waals surface area (Å²) in [4.78, 5) is 37.2. The lowest BCUT2D eigenvalue weighted by molar-refractivity contribution is -0.141. The summed E-state index contributed by atoms with van der Waals surface area (Å²) in [5.41, 5.74) is 1.61. The molecule has 0 fully saturated rings. The third-order valence-electron chi connectivity index (χ3n) is 5.94. The first-order valence-electron chi connectivity index (χ1n) is 11.4. The van der Waals surface area contributed by atoms with E-state index in [9.17, 15) is 31.9 Å². The second-order valence-electron chi connectivity index (χ2n) is 8.53. The lowest BCUT2D eigenvalue weighted by atomic mass is 10.0. The molecule has 0 spiro atoms. The SMILES string of the molecule is COc1cn(C(C)C(=O)Nc2ccc(C(N)=O)c(F)c2)c(=O)cc1-c1c(-n2cc(C(F)(F)F)nn2)ccc(Cl)c1F. The van der Waals surface area contributed by atoms with Gasteiger partial charge in [-0.1, -0.05) is 16.8 Å². The largest absolute Gasteiger partial charge is 0.495 e. The van der Waals surface area contributed by atoms with Gasteiger partial charge in [0.1, 0.15) is 17.6 Å². The Balaban J connectivity index is 1.75. The first-order valence-corrected chi connectivity index (χ1v) is 11.8. The van der Waals surface area contributed by atoms with Gasteiger partial charge in [-0.2, -0.15) is 13.2 Å². The number of alkyl halides is 3. The number of anilines is 1. The molecule has 16 heteroatoms. The average molecular weight is 597 g/mol. The van der Waals surface area contributed by atoms with Crippen LogP contribution < -0.4 is 21.3 Å². The number of ether oxygens (including phenoxy) is 1. The second-order valence-corrected chi connectivity index (χ2v) is 8.93. The van der Waals surface area contributed by atoms with E-state index in [0.29, 0.717) is 10.9 Å². The molecule has 1 atom stereocenters. The summed E-state index contributed by atoms with van der Waals surface area (Å²) < 4.78 is 75.7. The van der Waals surface area contributed by atoms with Crippen LogP contribution in [0.3, 0.4) is 0 Å². The van der Waals surface area contributed by atoms with Crippen LogP contribution in [0.2, 0.25) is 5.02 Å². The van der Waals surface area contributed by atoms with Crippen LogP contribution in [-0.4, -0.2) is 38.5 Å². The maximum absolute atomic E-state index is 15.4. The van der Waals surface area contributed by atoms with Gasteiger partial charge in [0.15, 0.2) is 11.5 Å². The number of methoxy groups -OCH3 is 1. The molecule has 0 aliphatic heterocycles. The van der Waals surface area contributed by atoms with E-state index in [1.165, 1.54) is 26.2 Å². The first-order chi connectivity index (χ1) is 19.2. The lowest BCUT2D eigenvalue weighted by Crippen LogP contribution is -2.31. The molecule has 0 aliphatic rings. The number of hydrogen-bond donors (Lipinski definition) is 2. The van der Waals surface area contributed by atoms with Crippen molar-refractivity contribution < 1.29 is 36.3 Å². The topological polar surface area (TPSA) is 134 Å². The van der Waals surface area contributed by atoms with E-state index in [-0.39, 0.29) is 28.3 Å². The van der Waals surface area contributed by atoms with Crippen molar-refractivity contribution in [3.8, 4) is 22.6 Å². The second kappa shape index (κ2) is 11.0. The number of halogens is 6. The van der Waals surface area contributed by atoms with Crippen molar-refractivity contribution >= 4 is 29.1 Å². The van der Waals surface area contributed by atoms with Crippen LogP contribution in [0.1, 0.15) is 29.0 Å². The summed E-state index contributed by atoms with van der Waals surface area (Å²) >= 11 is 5.95. The number of aromatic nitrogens is 4. The van der Waals surface area contributed by atoms with Crippen molar-refractivity contribution in [1.82, 2.24) is 19.6 Å². The fourth-order valence-electron chi connectivity index (χ4n) is 3.85. The van der Waals surface area contributed by atoms with Crippen molar-refractivity contribution in [2.45, 2.75) is 19.1 Å². The van der Waals surface area contributed by atoms with Gasteiger partial charge in [0.05, 0.1) is 35.8 Å². The Hall–Kier alpha value is -4.79. The Morgan fingerprint density at radius 2 is 1.83 bits per heavy atom. The maximum atomic E-state index is 15.4. The molecule has 214 valence electrons. The van der Waals surface area contributed by atoms with Gasteiger partial charge in [-0.05, 0) is 37.3 Å². The van der Waals surface area contributed by atoms with Gasteiger partial charge in [-0.3, -0.25) is 19.0 Å². The summed E-state index contributed by atoms with van der Waals surface area (Å²) in [5.74, 6) is -3.99. The number of amides is 2. The number of nitrogens with zero attached hydrogens (tertiary/aromatic N) is 4. The molecule has 0 bridgehead atoms. The summed E-state index contributed by atoms with van der Waals surface area (Å²) in [5, 5.41) is 8.48. The third-order valence-corrected chi connectivity index (χ3v) is 6.23. The highest BCUT2D eigenvalue weighted by atomic mass is 35.5. The summed E-state index contributed by atoms with van der Waals surface area (Å²) in [6.07, 6.45) is -3.20. The number of rotatable bonds is 7. The molecule has 0 radical (unpaired) electrons. The highest BCUT2D eigenvalue weighted by molar-refractivity contribution is 6.31. The number of carbonyl (C=O) groups is 2. The molecule has 0 aliphatic carbocycles. The number of nitrogens with one attached hydrogen (secondary N) is 1. The molecule has 4 aromatic rings. The number of nitrogens with two attached hydrogens (primary N) is 1. The number of benzene rings is 2. The number of carbonyl (C=O) groups excluding carboxylic acids is 2. The fourth-order valence-corrected chi connectivity index (χ4v) is 4.01. The van der Waals surface area contributed by atoms with E-state index in [0.717, 1.165) is 35.0 Å². The highest BCUT2D eigenvalue weighted by Crippen LogP contribution is 2.38. The van der Waals surface area contributed by atoms with Crippen LogP contribution in [0.5, 0.6) is 5.75 Å². The molecular weight excluding hydrogens is 579 g/mol. The third kappa shape index (κ3) is 5.75. The molecule has 2 aromatic carbocycles.